The number of nitrogens with two attached hydrogens (primary N) is 1. The van der Waals surface area contributed by atoms with Crippen LogP contribution in [0, 0.1) is 6.92 Å². The van der Waals surface area contributed by atoms with Crippen molar-refractivity contribution in [1.29, 1.82) is 0 Å². The SMILES string of the molecule is COc1cccc(CS(=O)c2ccc(N)cc2C)c1. The summed E-state index contributed by atoms with van der Waals surface area (Å²) in [4.78, 5) is 0.831. The van der Waals surface area contributed by atoms with Crippen LogP contribution in [0.5, 0.6) is 5.75 Å². The lowest BCUT2D eigenvalue weighted by atomic mass is 10.2. The van der Waals surface area contributed by atoms with Crippen LogP contribution < -0.4 is 10.5 Å². The molecule has 0 saturated carbocycles. The van der Waals surface area contributed by atoms with E-state index in [1.807, 2.05) is 43.3 Å². The second kappa shape index (κ2) is 5.89. The molecular weight excluding hydrogens is 258 g/mol. The molecule has 2 aromatic carbocycles. The van der Waals surface area contributed by atoms with Crippen molar-refractivity contribution in [2.24, 2.45) is 0 Å². The number of hydrogen-bond acceptors (Lipinski definition) is 3. The number of benzene rings is 2. The van der Waals surface area contributed by atoms with E-state index in [4.69, 9.17) is 10.5 Å². The lowest BCUT2D eigenvalue weighted by Gasteiger charge is -2.08. The van der Waals surface area contributed by atoms with Crippen LogP contribution in [0.1, 0.15) is 11.1 Å². The van der Waals surface area contributed by atoms with Gasteiger partial charge in [0, 0.05) is 10.6 Å². The summed E-state index contributed by atoms with van der Waals surface area (Å²) in [5.41, 5.74) is 8.35. The van der Waals surface area contributed by atoms with Gasteiger partial charge in [-0.2, -0.15) is 0 Å². The first-order valence-electron chi connectivity index (χ1n) is 5.97. The van der Waals surface area contributed by atoms with Crippen LogP contribution in [0.2, 0.25) is 0 Å². The number of rotatable bonds is 4. The van der Waals surface area contributed by atoms with Gasteiger partial charge in [0.25, 0.3) is 0 Å². The summed E-state index contributed by atoms with van der Waals surface area (Å²) in [7, 11) is 0.550. The van der Waals surface area contributed by atoms with E-state index in [1.54, 1.807) is 13.2 Å². The van der Waals surface area contributed by atoms with Crippen LogP contribution in [0.3, 0.4) is 0 Å². The highest BCUT2D eigenvalue weighted by Crippen LogP contribution is 2.20. The van der Waals surface area contributed by atoms with E-state index in [0.717, 1.165) is 21.8 Å². The third-order valence-electron chi connectivity index (χ3n) is 2.88. The van der Waals surface area contributed by atoms with Gasteiger partial charge in [-0.05, 0) is 48.4 Å². The summed E-state index contributed by atoms with van der Waals surface area (Å²) in [5, 5.41) is 0. The molecular formula is C15H17NO2S. The Hall–Kier alpha value is -1.81. The maximum absolute atomic E-state index is 12.4. The third kappa shape index (κ3) is 3.35. The monoisotopic (exact) mass is 275 g/mol. The molecule has 4 heteroatoms. The highest BCUT2D eigenvalue weighted by atomic mass is 32.2. The second-order valence-corrected chi connectivity index (χ2v) is 5.79. The van der Waals surface area contributed by atoms with Crippen LogP contribution >= 0.6 is 0 Å². The second-order valence-electron chi connectivity index (χ2n) is 4.37. The van der Waals surface area contributed by atoms with Crippen LogP contribution in [-0.2, 0) is 16.6 Å². The Balaban J connectivity index is 2.20. The fourth-order valence-electron chi connectivity index (χ4n) is 1.92. The molecule has 2 rings (SSSR count). The first kappa shape index (κ1) is 13.6. The first-order chi connectivity index (χ1) is 9.10. The molecule has 1 atom stereocenters. The normalized spacial score (nSPS) is 12.1. The Morgan fingerprint density at radius 3 is 2.68 bits per heavy atom. The molecule has 0 heterocycles. The van der Waals surface area contributed by atoms with E-state index >= 15 is 0 Å². The van der Waals surface area contributed by atoms with Crippen LogP contribution in [-0.4, -0.2) is 11.3 Å². The van der Waals surface area contributed by atoms with Gasteiger partial charge in [0.15, 0.2) is 0 Å². The van der Waals surface area contributed by atoms with E-state index in [2.05, 4.69) is 0 Å². The topological polar surface area (TPSA) is 52.3 Å². The van der Waals surface area contributed by atoms with Gasteiger partial charge >= 0.3 is 0 Å². The molecule has 0 aliphatic heterocycles. The van der Waals surface area contributed by atoms with Gasteiger partial charge < -0.3 is 10.5 Å². The molecule has 19 heavy (non-hydrogen) atoms. The lowest BCUT2D eigenvalue weighted by Crippen LogP contribution is -2.00. The van der Waals surface area contributed by atoms with Gasteiger partial charge in [-0.15, -0.1) is 0 Å². The van der Waals surface area contributed by atoms with Crippen LogP contribution in [0.25, 0.3) is 0 Å². The highest BCUT2D eigenvalue weighted by molar-refractivity contribution is 7.84. The molecule has 0 fully saturated rings. The van der Waals surface area contributed by atoms with Gasteiger partial charge in [0.05, 0.1) is 23.7 Å². The Bertz CT molecular complexity index is 611. The largest absolute Gasteiger partial charge is 0.497 e. The number of nitrogen functional groups attached to an aromatic ring is 1. The summed E-state index contributed by atoms with van der Waals surface area (Å²) in [6.07, 6.45) is 0. The van der Waals surface area contributed by atoms with Crippen molar-refractivity contribution in [3.8, 4) is 5.75 Å². The Morgan fingerprint density at radius 1 is 1.21 bits per heavy atom. The summed E-state index contributed by atoms with van der Waals surface area (Å²) in [6, 6.07) is 13.1. The number of methoxy groups -OCH3 is 1. The number of hydrogen-bond donors (Lipinski definition) is 1. The summed E-state index contributed by atoms with van der Waals surface area (Å²) < 4.78 is 17.5. The molecule has 0 amide bonds. The fourth-order valence-corrected chi connectivity index (χ4v) is 3.20. The molecule has 3 nitrogen and oxygen atoms in total. The van der Waals surface area contributed by atoms with Crippen molar-refractivity contribution < 1.29 is 8.95 Å². The van der Waals surface area contributed by atoms with Gasteiger partial charge in [-0.25, -0.2) is 0 Å². The van der Waals surface area contributed by atoms with Crippen molar-refractivity contribution in [2.75, 3.05) is 12.8 Å². The molecule has 2 aromatic rings. The molecule has 0 aromatic heterocycles. The first-order valence-corrected chi connectivity index (χ1v) is 7.29. The third-order valence-corrected chi connectivity index (χ3v) is 4.42. The molecule has 1 unspecified atom stereocenters. The molecule has 0 radical (unpaired) electrons. The summed E-state index contributed by atoms with van der Waals surface area (Å²) in [6.45, 7) is 1.93. The van der Waals surface area contributed by atoms with E-state index in [9.17, 15) is 4.21 Å². The predicted molar refractivity (Wildman–Crippen MR) is 78.7 cm³/mol. The standard InChI is InChI=1S/C15H17NO2S/c1-11-8-13(16)6-7-15(11)19(17)10-12-4-3-5-14(9-12)18-2/h3-9H,10,16H2,1-2H3. The van der Waals surface area contributed by atoms with Crippen LogP contribution in [0.4, 0.5) is 5.69 Å². The van der Waals surface area contributed by atoms with E-state index in [0.29, 0.717) is 11.4 Å². The Kier molecular flexibility index (Phi) is 4.22. The maximum Gasteiger partial charge on any atom is 0.119 e. The minimum atomic E-state index is -1.08. The minimum Gasteiger partial charge on any atom is -0.497 e. The molecule has 0 saturated heterocycles. The zero-order valence-corrected chi connectivity index (χ0v) is 11.9. The van der Waals surface area contributed by atoms with Gasteiger partial charge in [-0.3, -0.25) is 4.21 Å². The van der Waals surface area contributed by atoms with Gasteiger partial charge in [0.1, 0.15) is 5.75 Å². The number of aryl methyl sites for hydroxylation is 1. The maximum atomic E-state index is 12.4. The average Bonchev–Trinajstić information content (AvgIpc) is 2.38. The van der Waals surface area contributed by atoms with Crippen molar-refractivity contribution in [1.82, 2.24) is 0 Å². The molecule has 0 aliphatic rings. The van der Waals surface area contributed by atoms with Crippen molar-refractivity contribution in [2.45, 2.75) is 17.6 Å². The number of ether oxygens (including phenoxy) is 1. The van der Waals surface area contributed by atoms with Gasteiger partial charge in [0.2, 0.25) is 0 Å². The highest BCUT2D eigenvalue weighted by Gasteiger charge is 2.09. The predicted octanol–water partition coefficient (Wildman–Crippen LogP) is 2.89. The molecule has 100 valence electrons. The Labute approximate surface area is 115 Å². The average molecular weight is 275 g/mol. The molecule has 0 spiro atoms. The summed E-state index contributed by atoms with van der Waals surface area (Å²) in [5.74, 6) is 1.26. The fraction of sp³-hybridized carbons (Fsp3) is 0.200. The lowest BCUT2D eigenvalue weighted by molar-refractivity contribution is 0.414. The van der Waals surface area contributed by atoms with Gasteiger partial charge in [-0.1, -0.05) is 12.1 Å². The summed E-state index contributed by atoms with van der Waals surface area (Å²) >= 11 is 0. The minimum absolute atomic E-state index is 0.474. The van der Waals surface area contributed by atoms with E-state index in [-0.39, 0.29) is 0 Å². The molecule has 0 bridgehead atoms. The molecule has 0 aliphatic carbocycles. The quantitative estimate of drug-likeness (QED) is 0.873. The number of anilines is 1. The van der Waals surface area contributed by atoms with E-state index < -0.39 is 10.8 Å². The van der Waals surface area contributed by atoms with Crippen molar-refractivity contribution >= 4 is 16.5 Å². The van der Waals surface area contributed by atoms with Crippen molar-refractivity contribution in [3.63, 3.8) is 0 Å². The smallest absolute Gasteiger partial charge is 0.119 e. The Morgan fingerprint density at radius 2 is 2.00 bits per heavy atom. The zero-order valence-electron chi connectivity index (χ0n) is 11.1. The van der Waals surface area contributed by atoms with Crippen molar-refractivity contribution in [3.05, 3.63) is 53.6 Å². The van der Waals surface area contributed by atoms with Crippen LogP contribution in [0.15, 0.2) is 47.4 Å². The molecule has 2 N–H and O–H groups in total. The zero-order chi connectivity index (χ0) is 13.8. The van der Waals surface area contributed by atoms with E-state index in [1.165, 1.54) is 0 Å².